The van der Waals surface area contributed by atoms with Crippen molar-refractivity contribution >= 4 is 8.07 Å². The highest BCUT2D eigenvalue weighted by Crippen LogP contribution is 2.26. The first kappa shape index (κ1) is 10.3. The predicted octanol–water partition coefficient (Wildman–Crippen LogP) is 3.21. The van der Waals surface area contributed by atoms with Gasteiger partial charge in [0.25, 0.3) is 0 Å². The zero-order valence-electron chi connectivity index (χ0n) is 8.89. The summed E-state index contributed by atoms with van der Waals surface area (Å²) in [4.78, 5) is 0. The SMILES string of the molecule is CCC1CCCC([Si](C)(C)C)O1. The zero-order valence-corrected chi connectivity index (χ0v) is 9.89. The molecule has 0 amide bonds. The molecule has 2 atom stereocenters. The fourth-order valence-corrected chi connectivity index (χ4v) is 3.51. The third-order valence-corrected chi connectivity index (χ3v) is 5.13. The van der Waals surface area contributed by atoms with Crippen molar-refractivity contribution in [2.75, 3.05) is 0 Å². The van der Waals surface area contributed by atoms with Gasteiger partial charge in [0.1, 0.15) is 0 Å². The van der Waals surface area contributed by atoms with Crippen LogP contribution < -0.4 is 0 Å². The van der Waals surface area contributed by atoms with Gasteiger partial charge < -0.3 is 4.74 Å². The number of ether oxygens (including phenoxy) is 1. The van der Waals surface area contributed by atoms with E-state index in [0.717, 1.165) is 0 Å². The molecule has 1 fully saturated rings. The largest absolute Gasteiger partial charge is 0.378 e. The van der Waals surface area contributed by atoms with Crippen molar-refractivity contribution in [2.45, 2.75) is 64.1 Å². The molecule has 0 aromatic heterocycles. The minimum absolute atomic E-state index is 0.565. The van der Waals surface area contributed by atoms with E-state index in [4.69, 9.17) is 4.74 Å². The van der Waals surface area contributed by atoms with Crippen LogP contribution in [0.4, 0.5) is 0 Å². The summed E-state index contributed by atoms with van der Waals surface area (Å²) in [5.41, 5.74) is 0.621. The van der Waals surface area contributed by atoms with Crippen LogP contribution in [-0.4, -0.2) is 19.9 Å². The van der Waals surface area contributed by atoms with Gasteiger partial charge in [0.2, 0.25) is 0 Å². The minimum atomic E-state index is -1.04. The summed E-state index contributed by atoms with van der Waals surface area (Å²) in [5.74, 6) is 0. The number of rotatable bonds is 2. The fraction of sp³-hybridized carbons (Fsp3) is 1.00. The molecule has 0 aromatic carbocycles. The van der Waals surface area contributed by atoms with Crippen molar-refractivity contribution in [3.63, 3.8) is 0 Å². The molecule has 0 bridgehead atoms. The molecule has 1 aliphatic heterocycles. The van der Waals surface area contributed by atoms with E-state index in [1.807, 2.05) is 0 Å². The van der Waals surface area contributed by atoms with Gasteiger partial charge >= 0.3 is 0 Å². The Bertz CT molecular complexity index is 139. The summed E-state index contributed by atoms with van der Waals surface area (Å²) >= 11 is 0. The van der Waals surface area contributed by atoms with Crippen molar-refractivity contribution in [1.29, 1.82) is 0 Å². The molecule has 12 heavy (non-hydrogen) atoms. The van der Waals surface area contributed by atoms with E-state index < -0.39 is 8.07 Å². The molecule has 2 unspecified atom stereocenters. The molecule has 0 N–H and O–H groups in total. The maximum atomic E-state index is 6.06. The maximum absolute atomic E-state index is 6.06. The van der Waals surface area contributed by atoms with E-state index in [1.165, 1.54) is 25.7 Å². The van der Waals surface area contributed by atoms with Crippen molar-refractivity contribution < 1.29 is 4.74 Å². The summed E-state index contributed by atoms with van der Waals surface area (Å²) in [7, 11) is -1.04. The Morgan fingerprint density at radius 2 is 1.92 bits per heavy atom. The average Bonchev–Trinajstić information content (AvgIpc) is 2.03. The van der Waals surface area contributed by atoms with Gasteiger partial charge in [0, 0.05) is 5.73 Å². The van der Waals surface area contributed by atoms with Crippen LogP contribution in [0.25, 0.3) is 0 Å². The van der Waals surface area contributed by atoms with Crippen molar-refractivity contribution in [3.8, 4) is 0 Å². The summed E-state index contributed by atoms with van der Waals surface area (Å²) in [6, 6.07) is 0. The van der Waals surface area contributed by atoms with Gasteiger partial charge in [-0.15, -0.1) is 0 Å². The average molecular weight is 186 g/mol. The Morgan fingerprint density at radius 1 is 1.25 bits per heavy atom. The Labute approximate surface area is 77.5 Å². The normalized spacial score (nSPS) is 32.0. The smallest absolute Gasteiger partial charge is 0.0785 e. The molecule has 0 spiro atoms. The van der Waals surface area contributed by atoms with Gasteiger partial charge in [-0.2, -0.15) is 0 Å². The third kappa shape index (κ3) is 2.59. The summed E-state index contributed by atoms with van der Waals surface area (Å²) in [6.07, 6.45) is 5.74. The molecule has 0 saturated carbocycles. The fourth-order valence-electron chi connectivity index (χ4n) is 1.84. The molecule has 1 nitrogen and oxygen atoms in total. The standard InChI is InChI=1S/C10H22OSi/c1-5-9-7-6-8-10(11-9)12(2,3)4/h9-10H,5-8H2,1-4H3. The Morgan fingerprint density at radius 3 is 2.42 bits per heavy atom. The summed E-state index contributed by atoms with van der Waals surface area (Å²) < 4.78 is 6.06. The first-order valence-electron chi connectivity index (χ1n) is 5.19. The van der Waals surface area contributed by atoms with Crippen LogP contribution in [-0.2, 0) is 4.74 Å². The lowest BCUT2D eigenvalue weighted by Crippen LogP contribution is -2.44. The van der Waals surface area contributed by atoms with Crippen LogP contribution in [0.3, 0.4) is 0 Å². The van der Waals surface area contributed by atoms with E-state index in [-0.39, 0.29) is 0 Å². The van der Waals surface area contributed by atoms with Gasteiger partial charge in [0.15, 0.2) is 0 Å². The van der Waals surface area contributed by atoms with Gasteiger partial charge in [-0.05, 0) is 25.7 Å². The topological polar surface area (TPSA) is 9.23 Å². The minimum Gasteiger partial charge on any atom is -0.378 e. The molecule has 2 heteroatoms. The lowest BCUT2D eigenvalue weighted by Gasteiger charge is -2.36. The first-order chi connectivity index (χ1) is 5.54. The zero-order chi connectivity index (χ0) is 9.19. The molecule has 72 valence electrons. The third-order valence-electron chi connectivity index (χ3n) is 2.77. The van der Waals surface area contributed by atoms with Gasteiger partial charge in [-0.25, -0.2) is 0 Å². The second-order valence-corrected chi connectivity index (χ2v) is 10.3. The van der Waals surface area contributed by atoms with Gasteiger partial charge in [-0.1, -0.05) is 26.6 Å². The molecule has 1 heterocycles. The van der Waals surface area contributed by atoms with Crippen molar-refractivity contribution in [1.82, 2.24) is 0 Å². The quantitative estimate of drug-likeness (QED) is 0.602. The first-order valence-corrected chi connectivity index (χ1v) is 8.77. The van der Waals surface area contributed by atoms with Crippen LogP contribution >= 0.6 is 0 Å². The lowest BCUT2D eigenvalue weighted by atomic mass is 10.1. The lowest BCUT2D eigenvalue weighted by molar-refractivity contribution is -0.0151. The van der Waals surface area contributed by atoms with Gasteiger partial charge in [0.05, 0.1) is 14.2 Å². The monoisotopic (exact) mass is 186 g/mol. The number of hydrogen-bond acceptors (Lipinski definition) is 1. The summed E-state index contributed by atoms with van der Waals surface area (Å²) in [5, 5.41) is 0. The Kier molecular flexibility index (Phi) is 3.35. The molecular formula is C10H22OSi. The van der Waals surface area contributed by atoms with E-state index in [1.54, 1.807) is 0 Å². The second kappa shape index (κ2) is 3.92. The van der Waals surface area contributed by atoms with Crippen molar-refractivity contribution in [3.05, 3.63) is 0 Å². The maximum Gasteiger partial charge on any atom is 0.0785 e. The van der Waals surface area contributed by atoms with E-state index >= 15 is 0 Å². The van der Waals surface area contributed by atoms with Crippen LogP contribution in [0.1, 0.15) is 32.6 Å². The molecule has 1 aliphatic rings. The Balaban J connectivity index is 2.46. The van der Waals surface area contributed by atoms with E-state index in [9.17, 15) is 0 Å². The van der Waals surface area contributed by atoms with Crippen molar-refractivity contribution in [2.24, 2.45) is 0 Å². The van der Waals surface area contributed by atoms with E-state index in [0.29, 0.717) is 11.8 Å². The molecule has 1 rings (SSSR count). The highest BCUT2D eigenvalue weighted by atomic mass is 28.3. The molecule has 0 aromatic rings. The van der Waals surface area contributed by atoms with E-state index in [2.05, 4.69) is 26.6 Å². The number of hydrogen-bond donors (Lipinski definition) is 0. The van der Waals surface area contributed by atoms with Gasteiger partial charge in [-0.3, -0.25) is 0 Å². The molecule has 0 aliphatic carbocycles. The molecular weight excluding hydrogens is 164 g/mol. The summed E-state index contributed by atoms with van der Waals surface area (Å²) in [6.45, 7) is 9.47. The highest BCUT2D eigenvalue weighted by molar-refractivity contribution is 6.77. The van der Waals surface area contributed by atoms with Crippen LogP contribution in [0, 0.1) is 0 Å². The molecule has 0 radical (unpaired) electrons. The van der Waals surface area contributed by atoms with Crippen LogP contribution in [0.5, 0.6) is 0 Å². The van der Waals surface area contributed by atoms with Crippen LogP contribution in [0.2, 0.25) is 19.6 Å². The Hall–Kier alpha value is 0.177. The second-order valence-electron chi connectivity index (χ2n) is 4.95. The molecule has 1 saturated heterocycles. The highest BCUT2D eigenvalue weighted by Gasteiger charge is 2.31. The van der Waals surface area contributed by atoms with Crippen LogP contribution in [0.15, 0.2) is 0 Å². The predicted molar refractivity (Wildman–Crippen MR) is 56.1 cm³/mol.